The molecular weight excluding hydrogens is 360 g/mol. The minimum Gasteiger partial charge on any atom is -0.368 e. The first-order valence-electron chi connectivity index (χ1n) is 10.3. The molecule has 8 nitrogen and oxygen atoms in total. The van der Waals surface area contributed by atoms with Gasteiger partial charge >= 0.3 is 0 Å². The molecule has 4 rings (SSSR count). The molecule has 28 heavy (non-hydrogen) atoms. The summed E-state index contributed by atoms with van der Waals surface area (Å²) in [5.41, 5.74) is 0.880. The summed E-state index contributed by atoms with van der Waals surface area (Å²) in [7, 11) is 1.67. The fourth-order valence-corrected chi connectivity index (χ4v) is 4.35. The molecular formula is C20H30N4O4. The van der Waals surface area contributed by atoms with E-state index in [1.54, 1.807) is 7.05 Å². The van der Waals surface area contributed by atoms with Crippen molar-refractivity contribution in [2.45, 2.75) is 51.2 Å². The van der Waals surface area contributed by atoms with Crippen molar-refractivity contribution in [1.29, 1.82) is 0 Å². The van der Waals surface area contributed by atoms with Crippen molar-refractivity contribution >= 4 is 11.8 Å². The minimum absolute atomic E-state index is 0.00654. The van der Waals surface area contributed by atoms with E-state index in [0.717, 1.165) is 13.0 Å². The monoisotopic (exact) mass is 390 g/mol. The van der Waals surface area contributed by atoms with Crippen molar-refractivity contribution in [1.82, 2.24) is 20.3 Å². The Morgan fingerprint density at radius 3 is 2.68 bits per heavy atom. The first-order chi connectivity index (χ1) is 13.5. The van der Waals surface area contributed by atoms with Crippen LogP contribution < -0.4 is 5.32 Å². The molecule has 1 saturated carbocycles. The van der Waals surface area contributed by atoms with Gasteiger partial charge in [0.05, 0.1) is 25.4 Å². The average molecular weight is 390 g/mol. The Kier molecular flexibility index (Phi) is 5.18. The highest BCUT2D eigenvalue weighted by Gasteiger charge is 2.53. The molecule has 154 valence electrons. The highest BCUT2D eigenvalue weighted by atomic mass is 16.5. The summed E-state index contributed by atoms with van der Waals surface area (Å²) in [5.74, 6) is 1.34. The number of carbonyl (C=O) groups is 2. The number of hydrogen-bond donors (Lipinski definition) is 1. The van der Waals surface area contributed by atoms with Crippen LogP contribution >= 0.6 is 0 Å². The van der Waals surface area contributed by atoms with Gasteiger partial charge in [-0.05, 0) is 32.1 Å². The van der Waals surface area contributed by atoms with E-state index in [1.165, 1.54) is 12.8 Å². The van der Waals surface area contributed by atoms with Gasteiger partial charge in [0.15, 0.2) is 0 Å². The second kappa shape index (κ2) is 7.48. The lowest BCUT2D eigenvalue weighted by Crippen LogP contribution is -2.73. The van der Waals surface area contributed by atoms with Crippen LogP contribution in [0.2, 0.25) is 0 Å². The van der Waals surface area contributed by atoms with E-state index >= 15 is 0 Å². The third kappa shape index (κ3) is 3.55. The number of hydrogen-bond acceptors (Lipinski definition) is 6. The standard InChI is InChI=1S/C20H30N4O4/c1-4-5-16-17(13(2)22-28-16)19(26)24-11-20(12-24)10-23(8-14-6-7-14)15(9-27-20)18(25)21-3/h14-15H,4-12H2,1-3H3,(H,21,25). The van der Waals surface area contributed by atoms with Crippen LogP contribution in [0.3, 0.4) is 0 Å². The first-order valence-corrected chi connectivity index (χ1v) is 10.3. The summed E-state index contributed by atoms with van der Waals surface area (Å²) < 4.78 is 11.5. The number of rotatable bonds is 6. The number of aryl methyl sites for hydroxylation is 2. The van der Waals surface area contributed by atoms with Crippen LogP contribution in [0.1, 0.15) is 48.0 Å². The zero-order valence-electron chi connectivity index (χ0n) is 17.0. The Bertz CT molecular complexity index is 751. The van der Waals surface area contributed by atoms with Gasteiger partial charge in [-0.1, -0.05) is 12.1 Å². The maximum Gasteiger partial charge on any atom is 0.259 e. The van der Waals surface area contributed by atoms with Crippen LogP contribution in [-0.4, -0.2) is 78.2 Å². The van der Waals surface area contributed by atoms with Gasteiger partial charge in [-0.15, -0.1) is 0 Å². The highest BCUT2D eigenvalue weighted by molar-refractivity contribution is 5.97. The van der Waals surface area contributed by atoms with Gasteiger partial charge in [-0.2, -0.15) is 0 Å². The summed E-state index contributed by atoms with van der Waals surface area (Å²) >= 11 is 0. The zero-order chi connectivity index (χ0) is 19.9. The van der Waals surface area contributed by atoms with E-state index in [0.29, 0.717) is 55.6 Å². The van der Waals surface area contributed by atoms with Gasteiger partial charge in [0, 0.05) is 26.6 Å². The van der Waals surface area contributed by atoms with Crippen molar-refractivity contribution < 1.29 is 18.8 Å². The van der Waals surface area contributed by atoms with Gasteiger partial charge in [-0.3, -0.25) is 14.5 Å². The van der Waals surface area contributed by atoms with Gasteiger partial charge < -0.3 is 19.5 Å². The number of nitrogens with one attached hydrogen (secondary N) is 1. The van der Waals surface area contributed by atoms with E-state index in [4.69, 9.17) is 9.26 Å². The molecule has 1 aromatic rings. The van der Waals surface area contributed by atoms with Crippen LogP contribution in [0.5, 0.6) is 0 Å². The molecule has 8 heteroatoms. The van der Waals surface area contributed by atoms with E-state index in [1.807, 2.05) is 11.8 Å². The third-order valence-corrected chi connectivity index (χ3v) is 6.09. The maximum atomic E-state index is 13.0. The molecule has 2 saturated heterocycles. The molecule has 3 fully saturated rings. The average Bonchev–Trinajstić information content (AvgIpc) is 3.40. The van der Waals surface area contributed by atoms with Crippen LogP contribution in [0, 0.1) is 12.8 Å². The van der Waals surface area contributed by atoms with Crippen LogP contribution in [-0.2, 0) is 16.0 Å². The van der Waals surface area contributed by atoms with E-state index in [9.17, 15) is 9.59 Å². The van der Waals surface area contributed by atoms with Crippen LogP contribution in [0.4, 0.5) is 0 Å². The van der Waals surface area contributed by atoms with Crippen LogP contribution in [0.25, 0.3) is 0 Å². The smallest absolute Gasteiger partial charge is 0.259 e. The first kappa shape index (κ1) is 19.4. The fourth-order valence-electron chi connectivity index (χ4n) is 4.35. The number of ether oxygens (including phenoxy) is 1. The number of amides is 2. The lowest BCUT2D eigenvalue weighted by molar-refractivity contribution is -0.191. The Labute approximate surface area is 165 Å². The van der Waals surface area contributed by atoms with Crippen LogP contribution in [0.15, 0.2) is 4.52 Å². The lowest BCUT2D eigenvalue weighted by Gasteiger charge is -2.55. The van der Waals surface area contributed by atoms with Gasteiger partial charge in [0.2, 0.25) is 5.91 Å². The van der Waals surface area contributed by atoms with Crippen molar-refractivity contribution in [3.05, 3.63) is 17.0 Å². The SMILES string of the molecule is CCCc1onc(C)c1C(=O)N1CC2(C1)CN(CC1CC1)C(C(=O)NC)CO2. The largest absolute Gasteiger partial charge is 0.368 e. The number of nitrogens with zero attached hydrogens (tertiary/aromatic N) is 3. The predicted octanol–water partition coefficient (Wildman–Crippen LogP) is 0.987. The molecule has 0 aromatic carbocycles. The van der Waals surface area contributed by atoms with Gasteiger partial charge in [-0.25, -0.2) is 0 Å². The van der Waals surface area contributed by atoms with Gasteiger partial charge in [0.1, 0.15) is 23.0 Å². The number of likely N-dealkylation sites (N-methyl/N-ethyl adjacent to an activating group) is 1. The number of morpholine rings is 1. The molecule has 1 unspecified atom stereocenters. The molecule has 1 aromatic heterocycles. The normalized spacial score (nSPS) is 24.2. The topological polar surface area (TPSA) is 87.9 Å². The molecule has 1 atom stereocenters. The Balaban J connectivity index is 1.42. The molecule has 2 amide bonds. The molecule has 0 radical (unpaired) electrons. The Morgan fingerprint density at radius 2 is 2.04 bits per heavy atom. The number of aromatic nitrogens is 1. The quantitative estimate of drug-likeness (QED) is 0.779. The van der Waals surface area contributed by atoms with Gasteiger partial charge in [0.25, 0.3) is 5.91 Å². The third-order valence-electron chi connectivity index (χ3n) is 6.09. The molecule has 2 aliphatic heterocycles. The van der Waals surface area contributed by atoms with E-state index in [2.05, 4.69) is 22.3 Å². The zero-order valence-corrected chi connectivity index (χ0v) is 17.0. The predicted molar refractivity (Wildman–Crippen MR) is 102 cm³/mol. The second-order valence-corrected chi connectivity index (χ2v) is 8.47. The number of carbonyl (C=O) groups excluding carboxylic acids is 2. The highest BCUT2D eigenvalue weighted by Crippen LogP contribution is 2.36. The molecule has 0 bridgehead atoms. The summed E-state index contributed by atoms with van der Waals surface area (Å²) in [4.78, 5) is 29.3. The summed E-state index contributed by atoms with van der Waals surface area (Å²) in [5, 5.41) is 6.73. The maximum absolute atomic E-state index is 13.0. The Hall–Kier alpha value is -1.93. The van der Waals surface area contributed by atoms with Crippen molar-refractivity contribution in [3.8, 4) is 0 Å². The van der Waals surface area contributed by atoms with E-state index in [-0.39, 0.29) is 23.5 Å². The lowest BCUT2D eigenvalue weighted by atomic mass is 9.89. The second-order valence-electron chi connectivity index (χ2n) is 8.47. The number of likely N-dealkylation sites (tertiary alicyclic amines) is 1. The fraction of sp³-hybridized carbons (Fsp3) is 0.750. The molecule has 3 heterocycles. The summed E-state index contributed by atoms with van der Waals surface area (Å²) in [6, 6.07) is -0.238. The van der Waals surface area contributed by atoms with Crippen molar-refractivity contribution in [2.24, 2.45) is 5.92 Å². The molecule has 1 aliphatic carbocycles. The summed E-state index contributed by atoms with van der Waals surface area (Å²) in [6.45, 7) is 6.96. The minimum atomic E-state index is -0.370. The molecule has 3 aliphatic rings. The Morgan fingerprint density at radius 1 is 1.29 bits per heavy atom. The molecule has 1 spiro atoms. The van der Waals surface area contributed by atoms with E-state index < -0.39 is 0 Å². The molecule has 1 N–H and O–H groups in total. The summed E-state index contributed by atoms with van der Waals surface area (Å²) in [6.07, 6.45) is 4.09. The van der Waals surface area contributed by atoms with Crippen molar-refractivity contribution in [2.75, 3.05) is 39.8 Å². The van der Waals surface area contributed by atoms with Crippen molar-refractivity contribution in [3.63, 3.8) is 0 Å².